The molecule has 1 saturated heterocycles. The van der Waals surface area contributed by atoms with Crippen molar-refractivity contribution in [1.29, 1.82) is 0 Å². The summed E-state index contributed by atoms with van der Waals surface area (Å²) in [5, 5.41) is 8.70. The number of hydrogen-bond acceptors (Lipinski definition) is 2. The third kappa shape index (κ3) is 2.54. The van der Waals surface area contributed by atoms with Gasteiger partial charge >= 0.3 is 5.97 Å². The van der Waals surface area contributed by atoms with Gasteiger partial charge in [0, 0.05) is 25.4 Å². The van der Waals surface area contributed by atoms with Crippen molar-refractivity contribution in [3.8, 4) is 0 Å². The molecule has 1 amide bonds. The first kappa shape index (κ1) is 11.4. The molecule has 1 saturated carbocycles. The Bertz CT molecular complexity index is 284. The molecular formula is C12H19NO3. The maximum Gasteiger partial charge on any atom is 0.303 e. The minimum absolute atomic E-state index is 0.0580. The summed E-state index contributed by atoms with van der Waals surface area (Å²) in [6.45, 7) is 0.765. The number of carboxylic acids is 1. The zero-order valence-electron chi connectivity index (χ0n) is 9.52. The van der Waals surface area contributed by atoms with E-state index in [2.05, 4.69) is 0 Å². The second kappa shape index (κ2) is 4.85. The Balaban J connectivity index is 1.87. The van der Waals surface area contributed by atoms with E-state index in [1.54, 1.807) is 0 Å². The molecule has 4 nitrogen and oxygen atoms in total. The number of amides is 1. The highest BCUT2D eigenvalue weighted by Gasteiger charge is 2.32. The predicted molar refractivity (Wildman–Crippen MR) is 58.9 cm³/mol. The van der Waals surface area contributed by atoms with Crippen molar-refractivity contribution in [2.24, 2.45) is 5.92 Å². The lowest BCUT2D eigenvalue weighted by molar-refractivity contribution is -0.141. The molecular weight excluding hydrogens is 206 g/mol. The minimum atomic E-state index is -0.785. The van der Waals surface area contributed by atoms with Gasteiger partial charge in [-0.15, -0.1) is 0 Å². The molecule has 1 unspecified atom stereocenters. The summed E-state index contributed by atoms with van der Waals surface area (Å²) < 4.78 is 0. The molecule has 0 aromatic carbocycles. The first-order valence-electron chi connectivity index (χ1n) is 6.18. The number of carbonyl (C=O) groups is 2. The molecule has 90 valence electrons. The molecule has 0 aromatic heterocycles. The number of rotatable bonds is 3. The quantitative estimate of drug-likeness (QED) is 0.794. The van der Waals surface area contributed by atoms with Crippen LogP contribution in [-0.4, -0.2) is 34.5 Å². The van der Waals surface area contributed by atoms with E-state index >= 15 is 0 Å². The van der Waals surface area contributed by atoms with Crippen molar-refractivity contribution >= 4 is 11.9 Å². The van der Waals surface area contributed by atoms with Gasteiger partial charge in [0.15, 0.2) is 0 Å². The largest absolute Gasteiger partial charge is 0.481 e. The van der Waals surface area contributed by atoms with Gasteiger partial charge in [-0.1, -0.05) is 12.8 Å². The number of carboxylic acid groups (broad SMARTS) is 1. The van der Waals surface area contributed by atoms with Crippen LogP contribution in [-0.2, 0) is 9.59 Å². The van der Waals surface area contributed by atoms with Crippen LogP contribution in [0.25, 0.3) is 0 Å². The van der Waals surface area contributed by atoms with Crippen LogP contribution in [0.1, 0.15) is 44.9 Å². The number of hydrogen-bond donors (Lipinski definition) is 1. The van der Waals surface area contributed by atoms with Crippen molar-refractivity contribution in [3.63, 3.8) is 0 Å². The molecule has 0 radical (unpaired) electrons. The molecule has 2 aliphatic rings. The van der Waals surface area contributed by atoms with Crippen LogP contribution >= 0.6 is 0 Å². The lowest BCUT2D eigenvalue weighted by atomic mass is 9.92. The van der Waals surface area contributed by atoms with Gasteiger partial charge in [0.1, 0.15) is 0 Å². The van der Waals surface area contributed by atoms with Crippen LogP contribution in [0.3, 0.4) is 0 Å². The van der Waals surface area contributed by atoms with Crippen molar-refractivity contribution < 1.29 is 14.7 Å². The number of nitrogens with zero attached hydrogens (tertiary/aromatic N) is 1. The van der Waals surface area contributed by atoms with Crippen LogP contribution in [0, 0.1) is 5.92 Å². The Kier molecular flexibility index (Phi) is 3.46. The Hall–Kier alpha value is -1.06. The molecule has 1 aliphatic carbocycles. The summed E-state index contributed by atoms with van der Waals surface area (Å²) >= 11 is 0. The molecule has 16 heavy (non-hydrogen) atoms. The van der Waals surface area contributed by atoms with E-state index in [4.69, 9.17) is 5.11 Å². The molecule has 0 spiro atoms. The van der Waals surface area contributed by atoms with E-state index in [-0.39, 0.29) is 18.2 Å². The molecule has 4 heteroatoms. The third-order valence-electron chi connectivity index (χ3n) is 3.79. The molecule has 0 bridgehead atoms. The standard InChI is InChI=1S/C12H19NO3/c14-11-7-9(8-12(15)16)5-6-13(11)10-3-1-2-4-10/h9-10H,1-8H2,(H,15,16). The summed E-state index contributed by atoms with van der Waals surface area (Å²) in [5.41, 5.74) is 0. The average molecular weight is 225 g/mol. The van der Waals surface area contributed by atoms with E-state index in [0.29, 0.717) is 12.5 Å². The smallest absolute Gasteiger partial charge is 0.303 e. The Morgan fingerprint density at radius 3 is 2.56 bits per heavy atom. The monoisotopic (exact) mass is 225 g/mol. The molecule has 2 rings (SSSR count). The number of aliphatic carboxylic acids is 1. The van der Waals surface area contributed by atoms with Crippen LogP contribution in [0.15, 0.2) is 0 Å². The minimum Gasteiger partial charge on any atom is -0.481 e. The highest BCUT2D eigenvalue weighted by molar-refractivity contribution is 5.78. The molecule has 2 fully saturated rings. The number of piperidine rings is 1. The van der Waals surface area contributed by atoms with Gasteiger partial charge in [0.2, 0.25) is 5.91 Å². The van der Waals surface area contributed by atoms with Gasteiger partial charge in [-0.25, -0.2) is 0 Å². The van der Waals surface area contributed by atoms with Crippen LogP contribution in [0.5, 0.6) is 0 Å². The predicted octanol–water partition coefficient (Wildman–Crippen LogP) is 1.64. The van der Waals surface area contributed by atoms with Crippen molar-refractivity contribution in [1.82, 2.24) is 4.90 Å². The van der Waals surface area contributed by atoms with Gasteiger partial charge in [0.05, 0.1) is 0 Å². The number of carbonyl (C=O) groups excluding carboxylic acids is 1. The van der Waals surface area contributed by atoms with E-state index in [1.165, 1.54) is 12.8 Å². The normalized spacial score (nSPS) is 27.4. The molecule has 1 heterocycles. The fourth-order valence-electron chi connectivity index (χ4n) is 2.94. The summed E-state index contributed by atoms with van der Waals surface area (Å²) in [5.74, 6) is -0.556. The van der Waals surface area contributed by atoms with Crippen LogP contribution < -0.4 is 0 Å². The first-order valence-corrected chi connectivity index (χ1v) is 6.18. The maximum absolute atomic E-state index is 11.9. The molecule has 1 N–H and O–H groups in total. The lowest BCUT2D eigenvalue weighted by Crippen LogP contribution is -2.44. The zero-order valence-corrected chi connectivity index (χ0v) is 9.52. The fraction of sp³-hybridized carbons (Fsp3) is 0.833. The fourth-order valence-corrected chi connectivity index (χ4v) is 2.94. The molecule has 0 aromatic rings. The zero-order chi connectivity index (χ0) is 11.5. The first-order chi connectivity index (χ1) is 7.66. The van der Waals surface area contributed by atoms with Crippen LogP contribution in [0.4, 0.5) is 0 Å². The highest BCUT2D eigenvalue weighted by Crippen LogP contribution is 2.29. The maximum atomic E-state index is 11.9. The summed E-state index contributed by atoms with van der Waals surface area (Å²) in [6.07, 6.45) is 6.16. The average Bonchev–Trinajstić information content (AvgIpc) is 2.69. The molecule has 1 aliphatic heterocycles. The van der Waals surface area contributed by atoms with Crippen molar-refractivity contribution in [2.45, 2.75) is 51.0 Å². The second-order valence-electron chi connectivity index (χ2n) is 4.98. The Labute approximate surface area is 95.6 Å². The number of likely N-dealkylation sites (tertiary alicyclic amines) is 1. The van der Waals surface area contributed by atoms with Gasteiger partial charge in [-0.05, 0) is 25.2 Å². The van der Waals surface area contributed by atoms with Crippen molar-refractivity contribution in [2.75, 3.05) is 6.54 Å². The lowest BCUT2D eigenvalue weighted by Gasteiger charge is -2.35. The Morgan fingerprint density at radius 2 is 2.00 bits per heavy atom. The van der Waals surface area contributed by atoms with Gasteiger partial charge in [-0.3, -0.25) is 9.59 Å². The van der Waals surface area contributed by atoms with E-state index < -0.39 is 5.97 Å². The topological polar surface area (TPSA) is 57.6 Å². The van der Waals surface area contributed by atoms with Gasteiger partial charge in [-0.2, -0.15) is 0 Å². The summed E-state index contributed by atoms with van der Waals surface area (Å²) in [6, 6.07) is 0.443. The van der Waals surface area contributed by atoms with Gasteiger partial charge < -0.3 is 10.0 Å². The SMILES string of the molecule is O=C(O)CC1CCN(C2CCCC2)C(=O)C1. The van der Waals surface area contributed by atoms with E-state index in [0.717, 1.165) is 25.8 Å². The summed E-state index contributed by atoms with van der Waals surface area (Å²) in [7, 11) is 0. The van der Waals surface area contributed by atoms with E-state index in [1.807, 2.05) is 4.90 Å². The van der Waals surface area contributed by atoms with Crippen LogP contribution in [0.2, 0.25) is 0 Å². The second-order valence-corrected chi connectivity index (χ2v) is 4.98. The Morgan fingerprint density at radius 1 is 1.31 bits per heavy atom. The highest BCUT2D eigenvalue weighted by atomic mass is 16.4. The third-order valence-corrected chi connectivity index (χ3v) is 3.79. The summed E-state index contributed by atoms with van der Waals surface area (Å²) in [4.78, 5) is 24.5. The van der Waals surface area contributed by atoms with E-state index in [9.17, 15) is 9.59 Å². The van der Waals surface area contributed by atoms with Crippen molar-refractivity contribution in [3.05, 3.63) is 0 Å². The molecule has 1 atom stereocenters. The van der Waals surface area contributed by atoms with Gasteiger partial charge in [0.25, 0.3) is 0 Å².